The molecule has 0 spiro atoms. The van der Waals surface area contributed by atoms with Gasteiger partial charge in [0.15, 0.2) is 0 Å². The minimum atomic E-state index is -1.48. The first kappa shape index (κ1) is 13.6. The molecule has 0 unspecified atom stereocenters. The quantitative estimate of drug-likeness (QED) is 0.626. The van der Waals surface area contributed by atoms with Crippen LogP contribution >= 0.6 is 0 Å². The standard InChI is InChI=1S/C15H24Ge/c1-4-16(5-2,6-3)14-10-13-15-11-8-7-9-12-15/h7-13H,4-6,14H2,1-3H3/b13-10+. The van der Waals surface area contributed by atoms with Crippen molar-refractivity contribution in [3.63, 3.8) is 0 Å². The molecule has 0 N–H and O–H groups in total. The molecule has 0 bridgehead atoms. The van der Waals surface area contributed by atoms with Gasteiger partial charge in [0.25, 0.3) is 0 Å². The molecule has 0 heterocycles. The van der Waals surface area contributed by atoms with Gasteiger partial charge in [0.1, 0.15) is 0 Å². The van der Waals surface area contributed by atoms with Crippen LogP contribution < -0.4 is 0 Å². The van der Waals surface area contributed by atoms with Crippen molar-refractivity contribution in [3.05, 3.63) is 42.0 Å². The third-order valence-electron chi connectivity index (χ3n) is 3.91. The Balaban J connectivity index is 2.59. The molecule has 0 fully saturated rings. The summed E-state index contributed by atoms with van der Waals surface area (Å²) in [5.74, 6) is 0. The second-order valence-corrected chi connectivity index (χ2v) is 16.2. The molecule has 0 aliphatic carbocycles. The summed E-state index contributed by atoms with van der Waals surface area (Å²) in [6.45, 7) is 7.18. The van der Waals surface area contributed by atoms with Gasteiger partial charge >= 0.3 is 103 Å². The molecule has 0 saturated heterocycles. The Morgan fingerprint density at radius 1 is 0.938 bits per heavy atom. The third kappa shape index (κ3) is 3.82. The Hall–Kier alpha value is -0.497. The molecule has 1 rings (SSSR count). The van der Waals surface area contributed by atoms with Crippen LogP contribution in [-0.4, -0.2) is 13.3 Å². The maximum absolute atomic E-state index is 2.42. The fourth-order valence-electron chi connectivity index (χ4n) is 2.19. The van der Waals surface area contributed by atoms with Crippen LogP contribution in [0.1, 0.15) is 26.3 Å². The first-order valence-electron chi connectivity index (χ1n) is 6.48. The van der Waals surface area contributed by atoms with Gasteiger partial charge in [-0.15, -0.1) is 0 Å². The average Bonchev–Trinajstić information content (AvgIpc) is 2.37. The molecule has 0 nitrogen and oxygen atoms in total. The van der Waals surface area contributed by atoms with Crippen molar-refractivity contribution in [2.75, 3.05) is 0 Å². The molecule has 16 heavy (non-hydrogen) atoms. The van der Waals surface area contributed by atoms with Crippen molar-refractivity contribution in [2.45, 2.75) is 41.8 Å². The summed E-state index contributed by atoms with van der Waals surface area (Å²) in [6.07, 6.45) is 4.72. The Kier molecular flexibility index (Phi) is 5.90. The fourth-order valence-corrected chi connectivity index (χ4v) is 8.45. The molecular weight excluding hydrogens is 253 g/mol. The van der Waals surface area contributed by atoms with Crippen LogP contribution in [0.3, 0.4) is 0 Å². The van der Waals surface area contributed by atoms with Gasteiger partial charge in [-0.25, -0.2) is 0 Å². The Labute approximate surface area is 103 Å². The van der Waals surface area contributed by atoms with Gasteiger partial charge in [-0.3, -0.25) is 0 Å². The van der Waals surface area contributed by atoms with Gasteiger partial charge in [-0.05, 0) is 0 Å². The molecule has 0 aliphatic rings. The van der Waals surface area contributed by atoms with E-state index in [1.54, 1.807) is 0 Å². The van der Waals surface area contributed by atoms with Crippen LogP contribution in [0.5, 0.6) is 0 Å². The topological polar surface area (TPSA) is 0 Å². The first-order chi connectivity index (χ1) is 7.76. The van der Waals surface area contributed by atoms with Gasteiger partial charge in [0.2, 0.25) is 0 Å². The van der Waals surface area contributed by atoms with Crippen LogP contribution in [0.25, 0.3) is 6.08 Å². The Bertz CT molecular complexity index is 301. The summed E-state index contributed by atoms with van der Waals surface area (Å²) in [4.78, 5) is 0. The molecule has 0 saturated carbocycles. The Morgan fingerprint density at radius 3 is 2.00 bits per heavy atom. The van der Waals surface area contributed by atoms with E-state index in [-0.39, 0.29) is 0 Å². The van der Waals surface area contributed by atoms with E-state index < -0.39 is 13.3 Å². The summed E-state index contributed by atoms with van der Waals surface area (Å²) in [5.41, 5.74) is 1.34. The van der Waals surface area contributed by atoms with Gasteiger partial charge in [0, 0.05) is 0 Å². The van der Waals surface area contributed by atoms with E-state index in [4.69, 9.17) is 0 Å². The van der Waals surface area contributed by atoms with Crippen LogP contribution in [0.2, 0.25) is 21.0 Å². The molecule has 1 aromatic carbocycles. The first-order valence-corrected chi connectivity index (χ1v) is 12.4. The van der Waals surface area contributed by atoms with Crippen molar-refractivity contribution in [1.29, 1.82) is 0 Å². The number of hydrogen-bond acceptors (Lipinski definition) is 0. The van der Waals surface area contributed by atoms with Crippen molar-refractivity contribution in [1.82, 2.24) is 0 Å². The SMILES string of the molecule is C[CH2][Ge]([CH2]C)([CH2]C)[CH2]/C=C/c1ccccc1. The van der Waals surface area contributed by atoms with Crippen molar-refractivity contribution < 1.29 is 0 Å². The van der Waals surface area contributed by atoms with E-state index in [1.807, 2.05) is 0 Å². The van der Waals surface area contributed by atoms with Crippen LogP contribution in [0.15, 0.2) is 36.4 Å². The molecule has 0 amide bonds. The van der Waals surface area contributed by atoms with Gasteiger partial charge in [-0.2, -0.15) is 0 Å². The van der Waals surface area contributed by atoms with E-state index in [0.29, 0.717) is 0 Å². The van der Waals surface area contributed by atoms with Gasteiger partial charge in [0.05, 0.1) is 0 Å². The summed E-state index contributed by atoms with van der Waals surface area (Å²) in [7, 11) is 0. The number of allylic oxidation sites excluding steroid dienone is 1. The molecule has 1 aromatic rings. The number of rotatable bonds is 6. The third-order valence-corrected chi connectivity index (χ3v) is 15.7. The normalized spacial score (nSPS) is 12.2. The van der Waals surface area contributed by atoms with E-state index >= 15 is 0 Å². The van der Waals surface area contributed by atoms with E-state index in [0.717, 1.165) is 0 Å². The van der Waals surface area contributed by atoms with E-state index in [2.05, 4.69) is 63.3 Å². The zero-order chi connectivity index (χ0) is 11.9. The number of hydrogen-bond donors (Lipinski definition) is 0. The van der Waals surface area contributed by atoms with Gasteiger partial charge < -0.3 is 0 Å². The van der Waals surface area contributed by atoms with Crippen molar-refractivity contribution in [2.24, 2.45) is 0 Å². The second kappa shape index (κ2) is 6.95. The molecule has 0 aliphatic heterocycles. The average molecular weight is 277 g/mol. The molecule has 88 valence electrons. The van der Waals surface area contributed by atoms with E-state index in [9.17, 15) is 0 Å². The molecule has 0 atom stereocenters. The minimum absolute atomic E-state index is 1.34. The van der Waals surface area contributed by atoms with Crippen LogP contribution in [0.4, 0.5) is 0 Å². The van der Waals surface area contributed by atoms with Crippen molar-refractivity contribution >= 4 is 19.3 Å². The zero-order valence-electron chi connectivity index (χ0n) is 10.9. The number of benzene rings is 1. The maximum atomic E-state index is 2.42. The van der Waals surface area contributed by atoms with Crippen LogP contribution in [-0.2, 0) is 0 Å². The summed E-state index contributed by atoms with van der Waals surface area (Å²) in [5, 5.41) is 5.78. The fraction of sp³-hybridized carbons (Fsp3) is 0.467. The molecule has 0 radical (unpaired) electrons. The van der Waals surface area contributed by atoms with Crippen molar-refractivity contribution in [3.8, 4) is 0 Å². The summed E-state index contributed by atoms with van der Waals surface area (Å²) >= 11 is -1.48. The monoisotopic (exact) mass is 278 g/mol. The second-order valence-electron chi connectivity index (χ2n) is 4.58. The van der Waals surface area contributed by atoms with Gasteiger partial charge in [-0.1, -0.05) is 0 Å². The molecule has 1 heteroatoms. The predicted molar refractivity (Wildman–Crippen MR) is 77.5 cm³/mol. The Morgan fingerprint density at radius 2 is 1.50 bits per heavy atom. The molecular formula is C15H24Ge. The summed E-state index contributed by atoms with van der Waals surface area (Å²) in [6, 6.07) is 10.6. The summed E-state index contributed by atoms with van der Waals surface area (Å²) < 4.78 is 0. The van der Waals surface area contributed by atoms with E-state index in [1.165, 1.54) is 26.6 Å². The van der Waals surface area contributed by atoms with Crippen LogP contribution in [0, 0.1) is 0 Å². The zero-order valence-corrected chi connectivity index (χ0v) is 13.0. The molecule has 0 aromatic heterocycles. The predicted octanol–water partition coefficient (Wildman–Crippen LogP) is 5.21.